The third-order valence-electron chi connectivity index (χ3n) is 3.71. The monoisotopic (exact) mass is 334 g/mol. The van der Waals surface area contributed by atoms with Crippen molar-refractivity contribution in [1.82, 2.24) is 15.0 Å². The molecule has 0 aliphatic rings. The van der Waals surface area contributed by atoms with Gasteiger partial charge in [0.1, 0.15) is 5.75 Å². The van der Waals surface area contributed by atoms with Crippen LogP contribution in [0, 0.1) is 6.92 Å². The van der Waals surface area contributed by atoms with Crippen molar-refractivity contribution in [2.24, 2.45) is 5.10 Å². The fraction of sp³-hybridized carbons (Fsp3) is 0.105. The van der Waals surface area contributed by atoms with Crippen LogP contribution in [0.5, 0.6) is 5.75 Å². The predicted octanol–water partition coefficient (Wildman–Crippen LogP) is 2.95. The van der Waals surface area contributed by atoms with Gasteiger partial charge >= 0.3 is 0 Å². The van der Waals surface area contributed by atoms with Crippen molar-refractivity contribution in [2.75, 3.05) is 7.11 Å². The van der Waals surface area contributed by atoms with Crippen LogP contribution in [0.4, 0.5) is 0 Å². The topological polar surface area (TPSA) is 68.5 Å². The highest BCUT2D eigenvalue weighted by atomic mass is 16.5. The summed E-state index contributed by atoms with van der Waals surface area (Å²) in [5.41, 5.74) is 6.00. The summed E-state index contributed by atoms with van der Waals surface area (Å²) in [6.07, 6.45) is 6.71. The molecule has 25 heavy (non-hydrogen) atoms. The van der Waals surface area contributed by atoms with Gasteiger partial charge in [0.2, 0.25) is 0 Å². The highest BCUT2D eigenvalue weighted by Gasteiger charge is 2.05. The van der Waals surface area contributed by atoms with Crippen molar-refractivity contribution >= 4 is 12.1 Å². The van der Waals surface area contributed by atoms with Crippen molar-refractivity contribution < 1.29 is 9.53 Å². The summed E-state index contributed by atoms with van der Waals surface area (Å²) in [6.45, 7) is 2.01. The van der Waals surface area contributed by atoms with Crippen LogP contribution < -0.4 is 10.2 Å². The number of ether oxygens (including phenoxy) is 1. The van der Waals surface area contributed by atoms with E-state index < -0.39 is 0 Å². The van der Waals surface area contributed by atoms with Gasteiger partial charge in [0, 0.05) is 41.1 Å². The number of carbonyl (C=O) groups is 1. The maximum absolute atomic E-state index is 11.9. The molecule has 1 N–H and O–H groups in total. The molecular weight excluding hydrogens is 316 g/mol. The second kappa shape index (κ2) is 7.44. The molecule has 6 heteroatoms. The third kappa shape index (κ3) is 3.92. The molecule has 0 saturated heterocycles. The van der Waals surface area contributed by atoms with E-state index in [-0.39, 0.29) is 5.91 Å². The molecular formula is C19H18N4O2. The molecule has 0 aliphatic heterocycles. The van der Waals surface area contributed by atoms with E-state index in [1.807, 2.05) is 48.0 Å². The number of nitrogens with zero attached hydrogens (tertiary/aromatic N) is 3. The van der Waals surface area contributed by atoms with Crippen LogP contribution in [0.1, 0.15) is 21.6 Å². The van der Waals surface area contributed by atoms with Gasteiger partial charge in [-0.2, -0.15) is 5.10 Å². The van der Waals surface area contributed by atoms with Gasteiger partial charge in [-0.1, -0.05) is 0 Å². The van der Waals surface area contributed by atoms with E-state index in [1.165, 1.54) is 0 Å². The van der Waals surface area contributed by atoms with Crippen LogP contribution in [-0.4, -0.2) is 28.8 Å². The minimum Gasteiger partial charge on any atom is -0.497 e. The zero-order valence-electron chi connectivity index (χ0n) is 14.0. The largest absolute Gasteiger partial charge is 0.497 e. The van der Waals surface area contributed by atoms with E-state index >= 15 is 0 Å². The lowest BCUT2D eigenvalue weighted by atomic mass is 10.3. The van der Waals surface area contributed by atoms with Crippen LogP contribution in [0.3, 0.4) is 0 Å². The van der Waals surface area contributed by atoms with Crippen LogP contribution in [0.15, 0.2) is 66.2 Å². The smallest absolute Gasteiger partial charge is 0.271 e. The Morgan fingerprint density at radius 3 is 2.60 bits per heavy atom. The summed E-state index contributed by atoms with van der Waals surface area (Å²) >= 11 is 0. The Morgan fingerprint density at radius 2 is 1.92 bits per heavy atom. The summed E-state index contributed by atoms with van der Waals surface area (Å²) in [6, 6.07) is 13.1. The molecule has 3 aromatic rings. The fourth-order valence-electron chi connectivity index (χ4n) is 2.42. The molecule has 0 saturated carbocycles. The number of hydrazone groups is 1. The number of pyridine rings is 1. The third-order valence-corrected chi connectivity index (χ3v) is 3.71. The molecule has 0 aliphatic carbocycles. The second-order valence-electron chi connectivity index (χ2n) is 5.42. The zero-order valence-corrected chi connectivity index (χ0v) is 14.0. The number of hydrogen-bond acceptors (Lipinski definition) is 4. The van der Waals surface area contributed by atoms with Crippen molar-refractivity contribution in [1.29, 1.82) is 0 Å². The van der Waals surface area contributed by atoms with E-state index in [0.717, 1.165) is 22.7 Å². The molecule has 6 nitrogen and oxygen atoms in total. The van der Waals surface area contributed by atoms with Gasteiger partial charge in [-0.15, -0.1) is 0 Å². The number of rotatable bonds is 5. The molecule has 0 atom stereocenters. The summed E-state index contributed by atoms with van der Waals surface area (Å²) in [5.74, 6) is 0.541. The van der Waals surface area contributed by atoms with E-state index in [1.54, 1.807) is 37.9 Å². The van der Waals surface area contributed by atoms with Crippen molar-refractivity contribution in [3.8, 4) is 11.4 Å². The van der Waals surface area contributed by atoms with Crippen LogP contribution in [0.2, 0.25) is 0 Å². The summed E-state index contributed by atoms with van der Waals surface area (Å²) < 4.78 is 7.23. The molecule has 0 bridgehead atoms. The van der Waals surface area contributed by atoms with Gasteiger partial charge in [0.25, 0.3) is 5.91 Å². The number of benzene rings is 1. The Kier molecular flexibility index (Phi) is 4.89. The summed E-state index contributed by atoms with van der Waals surface area (Å²) in [7, 11) is 1.64. The maximum Gasteiger partial charge on any atom is 0.271 e. The summed E-state index contributed by atoms with van der Waals surface area (Å²) in [5, 5.41) is 4.02. The molecule has 0 unspecified atom stereocenters. The zero-order chi connectivity index (χ0) is 17.6. The van der Waals surface area contributed by atoms with Crippen molar-refractivity contribution in [3.05, 3.63) is 77.9 Å². The van der Waals surface area contributed by atoms with E-state index in [4.69, 9.17) is 4.74 Å². The highest BCUT2D eigenvalue weighted by Crippen LogP contribution is 2.18. The average Bonchev–Trinajstić information content (AvgIpc) is 3.03. The lowest BCUT2D eigenvalue weighted by Crippen LogP contribution is -2.17. The van der Waals surface area contributed by atoms with Gasteiger partial charge in [-0.05, 0) is 49.4 Å². The number of hydrogen-bond donors (Lipinski definition) is 1. The minimum absolute atomic E-state index is 0.273. The van der Waals surface area contributed by atoms with Gasteiger partial charge in [0.15, 0.2) is 0 Å². The van der Waals surface area contributed by atoms with Gasteiger partial charge in [0.05, 0.1) is 13.3 Å². The lowest BCUT2D eigenvalue weighted by Gasteiger charge is -2.06. The highest BCUT2D eigenvalue weighted by molar-refractivity contribution is 5.94. The van der Waals surface area contributed by atoms with Crippen molar-refractivity contribution in [2.45, 2.75) is 6.92 Å². The van der Waals surface area contributed by atoms with Gasteiger partial charge < -0.3 is 9.30 Å². The molecule has 0 radical (unpaired) electrons. The summed E-state index contributed by atoms with van der Waals surface area (Å²) in [4.78, 5) is 15.8. The molecule has 1 aromatic carbocycles. The quantitative estimate of drug-likeness (QED) is 0.576. The molecule has 126 valence electrons. The number of aromatic nitrogens is 2. The number of amides is 1. The molecule has 0 fully saturated rings. The van der Waals surface area contributed by atoms with E-state index in [2.05, 4.69) is 15.5 Å². The number of nitrogens with one attached hydrogen (secondary N) is 1. The predicted molar refractivity (Wildman–Crippen MR) is 96.4 cm³/mol. The second-order valence-corrected chi connectivity index (χ2v) is 5.42. The first-order valence-electron chi connectivity index (χ1n) is 7.74. The first kappa shape index (κ1) is 16.4. The molecule has 3 rings (SSSR count). The Morgan fingerprint density at radius 1 is 1.20 bits per heavy atom. The standard InChI is InChI=1S/C19H18N4O2/c1-14-11-15(12-21-22-19(24)16-7-9-20-10-8-16)13-23(14)17-3-5-18(25-2)6-4-17/h3-13H,1-2H3,(H,22,24)/b21-12-. The number of methoxy groups -OCH3 is 1. The average molecular weight is 334 g/mol. The van der Waals surface area contributed by atoms with Gasteiger partial charge in [-0.3, -0.25) is 9.78 Å². The number of aryl methyl sites for hydroxylation is 1. The Hall–Kier alpha value is -3.41. The minimum atomic E-state index is -0.273. The van der Waals surface area contributed by atoms with Crippen LogP contribution in [-0.2, 0) is 0 Å². The fourth-order valence-corrected chi connectivity index (χ4v) is 2.42. The van der Waals surface area contributed by atoms with Crippen LogP contribution in [0.25, 0.3) is 5.69 Å². The Labute approximate surface area is 145 Å². The first-order chi connectivity index (χ1) is 12.2. The van der Waals surface area contributed by atoms with Crippen molar-refractivity contribution in [3.63, 3.8) is 0 Å². The van der Waals surface area contributed by atoms with E-state index in [0.29, 0.717) is 5.56 Å². The SMILES string of the molecule is COc1ccc(-n2cc(/C=N\NC(=O)c3ccncc3)cc2C)cc1. The van der Waals surface area contributed by atoms with Gasteiger partial charge in [-0.25, -0.2) is 5.43 Å². The number of carbonyl (C=O) groups excluding carboxylic acids is 1. The maximum atomic E-state index is 11.9. The Balaban J connectivity index is 1.70. The van der Waals surface area contributed by atoms with Crippen LogP contribution >= 0.6 is 0 Å². The molecule has 2 aromatic heterocycles. The van der Waals surface area contributed by atoms with E-state index in [9.17, 15) is 4.79 Å². The first-order valence-corrected chi connectivity index (χ1v) is 7.74. The lowest BCUT2D eigenvalue weighted by molar-refractivity contribution is 0.0955. The molecule has 0 spiro atoms. The normalized spacial score (nSPS) is 10.8. The molecule has 1 amide bonds. The Bertz CT molecular complexity index is 884. The molecule has 2 heterocycles.